The van der Waals surface area contributed by atoms with Crippen molar-refractivity contribution in [2.75, 3.05) is 24.8 Å². The summed E-state index contributed by atoms with van der Waals surface area (Å²) >= 11 is 0. The maximum absolute atomic E-state index is 13.3. The Morgan fingerprint density at radius 1 is 1.16 bits per heavy atom. The predicted octanol–water partition coefficient (Wildman–Crippen LogP) is 4.58. The van der Waals surface area contributed by atoms with Crippen LogP contribution >= 0.6 is 0 Å². The van der Waals surface area contributed by atoms with E-state index in [4.69, 9.17) is 10.5 Å². The van der Waals surface area contributed by atoms with Crippen molar-refractivity contribution >= 4 is 28.2 Å². The summed E-state index contributed by atoms with van der Waals surface area (Å²) < 4.78 is 6.76. The van der Waals surface area contributed by atoms with Gasteiger partial charge in [-0.05, 0) is 42.3 Å². The van der Waals surface area contributed by atoms with Crippen LogP contribution in [0.3, 0.4) is 0 Å². The van der Waals surface area contributed by atoms with Crippen LogP contribution in [0.15, 0.2) is 47.3 Å². The second-order valence-electron chi connectivity index (χ2n) is 8.34. The van der Waals surface area contributed by atoms with E-state index >= 15 is 0 Å². The molecule has 0 atom stereocenters. The number of rotatable bonds is 8. The van der Waals surface area contributed by atoms with Crippen LogP contribution < -0.4 is 16.6 Å². The van der Waals surface area contributed by atoms with Gasteiger partial charge in [0.1, 0.15) is 5.82 Å². The topological polar surface area (TPSA) is 86.3 Å². The number of carbonyl (C=O) groups is 1. The number of pyridine rings is 1. The van der Waals surface area contributed by atoms with Gasteiger partial charge in [0.05, 0.1) is 0 Å². The second-order valence-corrected chi connectivity index (χ2v) is 8.34. The third-order valence-electron chi connectivity index (χ3n) is 5.23. The molecule has 0 unspecified atom stereocenters. The maximum atomic E-state index is 13.3. The quantitative estimate of drug-likeness (QED) is 0.521. The number of hydrogen-bond donors (Lipinski definition) is 2. The molecule has 3 rings (SSSR count). The van der Waals surface area contributed by atoms with Crippen LogP contribution in [0, 0.1) is 12.8 Å². The van der Waals surface area contributed by atoms with E-state index in [1.54, 1.807) is 17.7 Å². The first kappa shape index (κ1) is 22.6. The van der Waals surface area contributed by atoms with E-state index in [0.717, 1.165) is 22.1 Å². The molecule has 1 heterocycles. The van der Waals surface area contributed by atoms with Crippen LogP contribution in [0.1, 0.15) is 32.3 Å². The average molecular weight is 422 g/mol. The summed E-state index contributed by atoms with van der Waals surface area (Å²) in [5, 5.41) is 4.22. The summed E-state index contributed by atoms with van der Waals surface area (Å²) in [6.07, 6.45) is 1.10. The number of aryl methyl sites for hydroxylation is 1. The minimum atomic E-state index is -0.167. The molecule has 0 aliphatic carbocycles. The molecule has 0 aliphatic rings. The molecule has 2 aromatic carbocycles. The molecular weight excluding hydrogens is 390 g/mol. The predicted molar refractivity (Wildman–Crippen MR) is 127 cm³/mol. The Morgan fingerprint density at radius 3 is 2.61 bits per heavy atom. The van der Waals surface area contributed by atoms with Crippen molar-refractivity contribution in [2.45, 2.75) is 40.2 Å². The van der Waals surface area contributed by atoms with Gasteiger partial charge in [-0.15, -0.1) is 0 Å². The summed E-state index contributed by atoms with van der Waals surface area (Å²) in [4.78, 5) is 25.6. The molecule has 3 aromatic rings. The van der Waals surface area contributed by atoms with Crippen molar-refractivity contribution in [3.05, 3.63) is 58.4 Å². The SMILES string of the molecule is COCCCn1c(N)c(-c2cccc(C)c2)c2ccc(NC(=O)CC(C)C)cc2c1=O. The molecule has 3 N–H and O–H groups in total. The number of nitrogens with zero attached hydrogens (tertiary/aromatic N) is 1. The van der Waals surface area contributed by atoms with Crippen LogP contribution in [0.2, 0.25) is 0 Å². The number of aromatic nitrogens is 1. The molecule has 31 heavy (non-hydrogen) atoms. The molecule has 164 valence electrons. The highest BCUT2D eigenvalue weighted by molar-refractivity contribution is 6.03. The fraction of sp³-hybridized carbons (Fsp3) is 0.360. The van der Waals surface area contributed by atoms with E-state index in [2.05, 4.69) is 11.4 Å². The van der Waals surface area contributed by atoms with Gasteiger partial charge in [-0.25, -0.2) is 0 Å². The van der Waals surface area contributed by atoms with Crippen LogP contribution in [0.25, 0.3) is 21.9 Å². The molecule has 0 spiro atoms. The fourth-order valence-electron chi connectivity index (χ4n) is 3.82. The molecule has 0 radical (unpaired) electrons. The van der Waals surface area contributed by atoms with Gasteiger partial charge >= 0.3 is 0 Å². The molecule has 1 aromatic heterocycles. The Bertz CT molecular complexity index is 1150. The molecule has 1 amide bonds. The Labute approximate surface area is 183 Å². The lowest BCUT2D eigenvalue weighted by molar-refractivity contribution is -0.116. The van der Waals surface area contributed by atoms with Gasteiger partial charge in [0.2, 0.25) is 5.91 Å². The summed E-state index contributed by atoms with van der Waals surface area (Å²) in [5.74, 6) is 0.631. The van der Waals surface area contributed by atoms with Crippen molar-refractivity contribution < 1.29 is 9.53 Å². The van der Waals surface area contributed by atoms with E-state index in [0.29, 0.717) is 42.9 Å². The summed E-state index contributed by atoms with van der Waals surface area (Å²) in [5.41, 5.74) is 9.88. The number of carbonyl (C=O) groups excluding carboxylic acids is 1. The van der Waals surface area contributed by atoms with Gasteiger partial charge in [-0.2, -0.15) is 0 Å². The van der Waals surface area contributed by atoms with Crippen LogP contribution in [0.4, 0.5) is 11.5 Å². The van der Waals surface area contributed by atoms with Crippen molar-refractivity contribution in [1.82, 2.24) is 4.57 Å². The number of nitrogen functional groups attached to an aromatic ring is 1. The number of hydrogen-bond acceptors (Lipinski definition) is 4. The van der Waals surface area contributed by atoms with E-state index in [1.165, 1.54) is 0 Å². The highest BCUT2D eigenvalue weighted by atomic mass is 16.5. The number of amides is 1. The van der Waals surface area contributed by atoms with Crippen molar-refractivity contribution in [3.8, 4) is 11.1 Å². The molecule has 0 fully saturated rings. The number of benzene rings is 2. The van der Waals surface area contributed by atoms with E-state index < -0.39 is 0 Å². The van der Waals surface area contributed by atoms with Crippen LogP contribution in [-0.2, 0) is 16.1 Å². The zero-order chi connectivity index (χ0) is 22.5. The van der Waals surface area contributed by atoms with Crippen molar-refractivity contribution in [1.29, 1.82) is 0 Å². The molecule has 6 heteroatoms. The third kappa shape index (κ3) is 5.14. The van der Waals surface area contributed by atoms with Gasteiger partial charge in [0, 0.05) is 43.3 Å². The molecule has 0 aliphatic heterocycles. The maximum Gasteiger partial charge on any atom is 0.260 e. The van der Waals surface area contributed by atoms with E-state index in [1.807, 2.05) is 51.1 Å². The van der Waals surface area contributed by atoms with Gasteiger partial charge < -0.3 is 15.8 Å². The monoisotopic (exact) mass is 421 g/mol. The lowest BCUT2D eigenvalue weighted by Crippen LogP contribution is -2.25. The van der Waals surface area contributed by atoms with Crippen LogP contribution in [-0.4, -0.2) is 24.2 Å². The lowest BCUT2D eigenvalue weighted by atomic mass is 9.97. The number of anilines is 2. The summed E-state index contributed by atoms with van der Waals surface area (Å²) in [6, 6.07) is 13.5. The Balaban J connectivity index is 2.18. The average Bonchev–Trinajstić information content (AvgIpc) is 2.70. The van der Waals surface area contributed by atoms with Crippen molar-refractivity contribution in [3.63, 3.8) is 0 Å². The zero-order valence-corrected chi connectivity index (χ0v) is 18.7. The number of methoxy groups -OCH3 is 1. The largest absolute Gasteiger partial charge is 0.385 e. The highest BCUT2D eigenvalue weighted by Crippen LogP contribution is 2.34. The fourth-order valence-corrected chi connectivity index (χ4v) is 3.82. The Hall–Kier alpha value is -3.12. The van der Waals surface area contributed by atoms with Gasteiger partial charge in [-0.3, -0.25) is 14.2 Å². The highest BCUT2D eigenvalue weighted by Gasteiger charge is 2.17. The Kier molecular flexibility index (Phi) is 7.13. The molecule has 0 bridgehead atoms. The second kappa shape index (κ2) is 9.79. The minimum absolute atomic E-state index is 0.0656. The van der Waals surface area contributed by atoms with Gasteiger partial charge in [0.15, 0.2) is 0 Å². The van der Waals surface area contributed by atoms with Crippen LogP contribution in [0.5, 0.6) is 0 Å². The molecule has 0 saturated carbocycles. The lowest BCUT2D eigenvalue weighted by Gasteiger charge is -2.18. The van der Waals surface area contributed by atoms with E-state index in [9.17, 15) is 9.59 Å². The number of fused-ring (bicyclic) bond motifs is 1. The number of nitrogens with one attached hydrogen (secondary N) is 1. The summed E-state index contributed by atoms with van der Waals surface area (Å²) in [6.45, 7) is 7.01. The third-order valence-corrected chi connectivity index (χ3v) is 5.23. The zero-order valence-electron chi connectivity index (χ0n) is 18.7. The smallest absolute Gasteiger partial charge is 0.260 e. The first-order valence-corrected chi connectivity index (χ1v) is 10.6. The number of nitrogens with two attached hydrogens (primary N) is 1. The Morgan fingerprint density at radius 2 is 1.94 bits per heavy atom. The summed E-state index contributed by atoms with van der Waals surface area (Å²) in [7, 11) is 1.64. The van der Waals surface area contributed by atoms with E-state index in [-0.39, 0.29) is 17.4 Å². The number of ether oxygens (including phenoxy) is 1. The van der Waals surface area contributed by atoms with Crippen molar-refractivity contribution in [2.24, 2.45) is 5.92 Å². The van der Waals surface area contributed by atoms with Gasteiger partial charge in [-0.1, -0.05) is 49.7 Å². The molecular formula is C25H31N3O3. The van der Waals surface area contributed by atoms with Gasteiger partial charge in [0.25, 0.3) is 5.56 Å². The molecule has 0 saturated heterocycles. The first-order valence-electron chi connectivity index (χ1n) is 10.6. The standard InChI is InChI=1S/C25H31N3O3/c1-16(2)13-22(29)27-19-9-10-20-21(15-19)25(30)28(11-6-12-31-4)24(26)23(20)18-8-5-7-17(3)14-18/h5,7-10,14-16H,6,11-13,26H2,1-4H3,(H,27,29). The first-order chi connectivity index (χ1) is 14.8. The normalized spacial score (nSPS) is 11.3. The molecule has 6 nitrogen and oxygen atoms in total. The minimum Gasteiger partial charge on any atom is -0.385 e.